The van der Waals surface area contributed by atoms with Crippen molar-refractivity contribution in [3.8, 4) is 0 Å². The van der Waals surface area contributed by atoms with Crippen LogP contribution in [0.1, 0.15) is 30.6 Å². The van der Waals surface area contributed by atoms with Crippen molar-refractivity contribution in [1.29, 1.82) is 0 Å². The van der Waals surface area contributed by atoms with Crippen molar-refractivity contribution >= 4 is 27.3 Å². The first-order valence-corrected chi connectivity index (χ1v) is 9.60. The summed E-state index contributed by atoms with van der Waals surface area (Å²) in [5.74, 6) is 0. The summed E-state index contributed by atoms with van der Waals surface area (Å²) in [4.78, 5) is 4.19. The molecule has 2 fully saturated rings. The number of morpholine rings is 1. The predicted molar refractivity (Wildman–Crippen MR) is 92.2 cm³/mol. The van der Waals surface area contributed by atoms with Crippen molar-refractivity contribution in [2.45, 2.75) is 43.7 Å². The number of hydrogen-bond acceptors (Lipinski definition) is 4. The molecule has 1 aliphatic carbocycles. The van der Waals surface area contributed by atoms with Crippen molar-refractivity contribution in [3.63, 3.8) is 0 Å². The second-order valence-corrected chi connectivity index (χ2v) is 8.71. The summed E-state index contributed by atoms with van der Waals surface area (Å²) < 4.78 is 6.81. The van der Waals surface area contributed by atoms with Crippen molar-refractivity contribution < 1.29 is 4.74 Å². The maximum atomic E-state index is 5.57. The van der Waals surface area contributed by atoms with Gasteiger partial charge < -0.3 is 10.1 Å². The van der Waals surface area contributed by atoms with E-state index in [2.05, 4.69) is 45.3 Å². The zero-order chi connectivity index (χ0) is 14.7. The molecule has 3 nitrogen and oxygen atoms in total. The van der Waals surface area contributed by atoms with Crippen LogP contribution in [0.15, 0.2) is 15.9 Å². The van der Waals surface area contributed by atoms with Crippen LogP contribution in [0.4, 0.5) is 0 Å². The quantitative estimate of drug-likeness (QED) is 0.857. The van der Waals surface area contributed by atoms with Crippen LogP contribution in [0.2, 0.25) is 0 Å². The fourth-order valence-electron chi connectivity index (χ4n) is 4.10. The molecule has 1 aromatic heterocycles. The maximum Gasteiger partial charge on any atom is 0.0701 e. The first-order chi connectivity index (χ1) is 10.2. The Hall–Kier alpha value is 0.0600. The number of halogens is 1. The molecule has 2 aliphatic rings. The van der Waals surface area contributed by atoms with Gasteiger partial charge in [0.15, 0.2) is 0 Å². The second-order valence-electron chi connectivity index (χ2n) is 6.16. The summed E-state index contributed by atoms with van der Waals surface area (Å²) in [5, 5.41) is 3.65. The third-order valence-corrected chi connectivity index (χ3v) is 6.79. The molecule has 1 atom stereocenters. The van der Waals surface area contributed by atoms with Crippen LogP contribution in [0.5, 0.6) is 0 Å². The topological polar surface area (TPSA) is 24.5 Å². The molecular formula is C16H25BrN2OS. The van der Waals surface area contributed by atoms with Crippen LogP contribution < -0.4 is 5.32 Å². The molecule has 1 saturated heterocycles. The number of ether oxygens (including phenoxy) is 1. The Kier molecular flexibility index (Phi) is 5.38. The Morgan fingerprint density at radius 3 is 2.62 bits per heavy atom. The van der Waals surface area contributed by atoms with E-state index in [-0.39, 0.29) is 0 Å². The second kappa shape index (κ2) is 7.09. The van der Waals surface area contributed by atoms with Crippen LogP contribution in [-0.2, 0) is 11.2 Å². The van der Waals surface area contributed by atoms with Gasteiger partial charge in [0.1, 0.15) is 0 Å². The molecule has 0 radical (unpaired) electrons. The van der Waals surface area contributed by atoms with Gasteiger partial charge in [-0.3, -0.25) is 4.90 Å². The fourth-order valence-corrected chi connectivity index (χ4v) is 5.63. The molecule has 2 heterocycles. The molecule has 21 heavy (non-hydrogen) atoms. The fraction of sp³-hybridized carbons (Fsp3) is 0.750. The summed E-state index contributed by atoms with van der Waals surface area (Å²) in [6.45, 7) is 3.96. The Morgan fingerprint density at radius 1 is 1.33 bits per heavy atom. The molecule has 1 unspecified atom stereocenters. The highest BCUT2D eigenvalue weighted by molar-refractivity contribution is 9.11. The predicted octanol–water partition coefficient (Wildman–Crippen LogP) is 3.29. The van der Waals surface area contributed by atoms with E-state index >= 15 is 0 Å². The molecule has 3 rings (SSSR count). The summed E-state index contributed by atoms with van der Waals surface area (Å²) in [5.41, 5.74) is 0.328. The molecule has 1 aliphatic heterocycles. The molecule has 0 amide bonds. The third-order valence-electron chi connectivity index (χ3n) is 5.14. The van der Waals surface area contributed by atoms with Crippen molar-refractivity contribution in [3.05, 3.63) is 20.8 Å². The van der Waals surface area contributed by atoms with Gasteiger partial charge in [0.25, 0.3) is 0 Å². The zero-order valence-electron chi connectivity index (χ0n) is 12.7. The average molecular weight is 373 g/mol. The normalized spacial score (nSPS) is 24.3. The largest absolute Gasteiger partial charge is 0.379 e. The molecule has 1 saturated carbocycles. The molecule has 0 bridgehead atoms. The number of nitrogens with one attached hydrogen (secondary N) is 1. The Morgan fingerprint density at radius 2 is 2.05 bits per heavy atom. The minimum absolute atomic E-state index is 0.328. The molecule has 1 aromatic rings. The van der Waals surface area contributed by atoms with Gasteiger partial charge in [-0.15, -0.1) is 11.3 Å². The zero-order valence-corrected chi connectivity index (χ0v) is 15.1. The average Bonchev–Trinajstić information content (AvgIpc) is 3.15. The lowest BCUT2D eigenvalue weighted by Gasteiger charge is -2.48. The Balaban J connectivity index is 1.79. The molecule has 0 spiro atoms. The lowest BCUT2D eigenvalue weighted by atomic mass is 9.83. The van der Waals surface area contributed by atoms with E-state index in [4.69, 9.17) is 4.74 Å². The van der Waals surface area contributed by atoms with E-state index < -0.39 is 0 Å². The van der Waals surface area contributed by atoms with Gasteiger partial charge in [-0.1, -0.05) is 12.8 Å². The smallest absolute Gasteiger partial charge is 0.0701 e. The number of nitrogens with zero attached hydrogens (tertiary/aromatic N) is 1. The molecule has 1 N–H and O–H groups in total. The van der Waals surface area contributed by atoms with E-state index in [1.807, 2.05) is 11.3 Å². The minimum Gasteiger partial charge on any atom is -0.379 e. The van der Waals surface area contributed by atoms with Gasteiger partial charge in [-0.2, -0.15) is 0 Å². The van der Waals surface area contributed by atoms with Crippen molar-refractivity contribution in [1.82, 2.24) is 10.2 Å². The highest BCUT2D eigenvalue weighted by Crippen LogP contribution is 2.40. The Labute approximate surface area is 140 Å². The van der Waals surface area contributed by atoms with E-state index in [0.29, 0.717) is 11.6 Å². The van der Waals surface area contributed by atoms with E-state index in [1.54, 1.807) is 0 Å². The van der Waals surface area contributed by atoms with Crippen LogP contribution in [0, 0.1) is 0 Å². The summed E-state index contributed by atoms with van der Waals surface area (Å²) in [6, 6.07) is 4.97. The first-order valence-electron chi connectivity index (χ1n) is 7.99. The van der Waals surface area contributed by atoms with Gasteiger partial charge in [0.05, 0.1) is 17.0 Å². The summed E-state index contributed by atoms with van der Waals surface area (Å²) >= 11 is 5.46. The number of hydrogen-bond donors (Lipinski definition) is 1. The van der Waals surface area contributed by atoms with Crippen molar-refractivity contribution in [2.75, 3.05) is 33.4 Å². The monoisotopic (exact) mass is 372 g/mol. The van der Waals surface area contributed by atoms with E-state index in [1.165, 1.54) is 34.3 Å². The maximum absolute atomic E-state index is 5.57. The standard InChI is InChI=1S/C16H25BrN2OS/c1-18-14(12-13-4-5-15(17)21-13)16(6-2-3-7-16)19-8-10-20-11-9-19/h4-5,14,18H,2-3,6-12H2,1H3. The minimum atomic E-state index is 0.328. The lowest BCUT2D eigenvalue weighted by molar-refractivity contribution is -0.0346. The van der Waals surface area contributed by atoms with Crippen LogP contribution >= 0.6 is 27.3 Å². The number of likely N-dealkylation sites (N-methyl/N-ethyl adjacent to an activating group) is 1. The Bertz CT molecular complexity index is 453. The highest BCUT2D eigenvalue weighted by Gasteiger charge is 2.45. The highest BCUT2D eigenvalue weighted by atomic mass is 79.9. The summed E-state index contributed by atoms with van der Waals surface area (Å²) in [6.07, 6.45) is 6.51. The van der Waals surface area contributed by atoms with Crippen molar-refractivity contribution in [2.24, 2.45) is 0 Å². The van der Waals surface area contributed by atoms with Gasteiger partial charge in [-0.05, 0) is 54.4 Å². The van der Waals surface area contributed by atoms with Crippen LogP contribution in [0.25, 0.3) is 0 Å². The van der Waals surface area contributed by atoms with Gasteiger partial charge in [0.2, 0.25) is 0 Å². The summed E-state index contributed by atoms with van der Waals surface area (Å²) in [7, 11) is 2.13. The van der Waals surface area contributed by atoms with Crippen LogP contribution in [0.3, 0.4) is 0 Å². The molecular weight excluding hydrogens is 348 g/mol. The first kappa shape index (κ1) is 15.9. The van der Waals surface area contributed by atoms with Gasteiger partial charge >= 0.3 is 0 Å². The van der Waals surface area contributed by atoms with Gasteiger partial charge in [-0.25, -0.2) is 0 Å². The molecule has 118 valence electrons. The lowest BCUT2D eigenvalue weighted by Crippen LogP contribution is -2.62. The SMILES string of the molecule is CNC(Cc1ccc(Br)s1)C1(N2CCOCC2)CCCC1. The van der Waals surface area contributed by atoms with Gasteiger partial charge in [0, 0.05) is 29.5 Å². The van der Waals surface area contributed by atoms with E-state index in [0.717, 1.165) is 32.7 Å². The molecule has 0 aromatic carbocycles. The third kappa shape index (κ3) is 3.37. The number of rotatable bonds is 5. The van der Waals surface area contributed by atoms with Crippen LogP contribution in [-0.4, -0.2) is 49.8 Å². The molecule has 5 heteroatoms. The number of thiophene rings is 1. The van der Waals surface area contributed by atoms with E-state index in [9.17, 15) is 0 Å².